The van der Waals surface area contributed by atoms with Gasteiger partial charge in [-0.05, 0) is 18.3 Å². The van der Waals surface area contributed by atoms with Crippen LogP contribution in [0.15, 0.2) is 0 Å². The molecule has 0 heterocycles. The van der Waals surface area contributed by atoms with Crippen molar-refractivity contribution in [1.29, 1.82) is 0 Å². The second kappa shape index (κ2) is 5.25. The van der Waals surface area contributed by atoms with Gasteiger partial charge >= 0.3 is 5.97 Å². The van der Waals surface area contributed by atoms with Gasteiger partial charge in [0.1, 0.15) is 0 Å². The van der Waals surface area contributed by atoms with Gasteiger partial charge in [-0.1, -0.05) is 39.0 Å². The summed E-state index contributed by atoms with van der Waals surface area (Å²) in [4.78, 5) is 10.6. The highest BCUT2D eigenvalue weighted by Gasteiger charge is 2.25. The molecule has 1 rings (SSSR count). The van der Waals surface area contributed by atoms with Gasteiger partial charge in [0.2, 0.25) is 0 Å². The smallest absolute Gasteiger partial charge is 0.303 e. The van der Waals surface area contributed by atoms with Crippen LogP contribution in [0.3, 0.4) is 0 Å². The molecule has 0 amide bonds. The normalized spacial score (nSPS) is 28.7. The highest BCUT2D eigenvalue weighted by atomic mass is 16.4. The van der Waals surface area contributed by atoms with Gasteiger partial charge in [-0.25, -0.2) is 0 Å². The predicted octanol–water partition coefficient (Wildman–Crippen LogP) is 3.07. The first-order valence-electron chi connectivity index (χ1n) is 5.45. The third-order valence-electron chi connectivity index (χ3n) is 3.16. The lowest BCUT2D eigenvalue weighted by Gasteiger charge is -2.30. The average molecular weight is 184 g/mol. The van der Waals surface area contributed by atoms with E-state index >= 15 is 0 Å². The van der Waals surface area contributed by atoms with Crippen molar-refractivity contribution in [2.24, 2.45) is 11.8 Å². The Morgan fingerprint density at radius 1 is 1.31 bits per heavy atom. The summed E-state index contributed by atoms with van der Waals surface area (Å²) in [5.41, 5.74) is 0. The fourth-order valence-electron chi connectivity index (χ4n) is 2.53. The average Bonchev–Trinajstić information content (AvgIpc) is 2.08. The Balaban J connectivity index is 2.41. The number of carbonyl (C=O) groups is 1. The molecule has 13 heavy (non-hydrogen) atoms. The highest BCUT2D eigenvalue weighted by Crippen LogP contribution is 2.35. The second-order valence-electron chi connectivity index (χ2n) is 4.19. The number of hydrogen-bond acceptors (Lipinski definition) is 1. The van der Waals surface area contributed by atoms with Crippen molar-refractivity contribution in [2.45, 2.75) is 51.9 Å². The summed E-state index contributed by atoms with van der Waals surface area (Å²) in [6.45, 7) is 2.19. The molecule has 1 fully saturated rings. The predicted molar refractivity (Wildman–Crippen MR) is 52.6 cm³/mol. The Kier molecular flexibility index (Phi) is 4.26. The lowest BCUT2D eigenvalue weighted by molar-refractivity contribution is -0.138. The molecule has 0 saturated heterocycles. The molecule has 0 bridgehead atoms. The summed E-state index contributed by atoms with van der Waals surface area (Å²) < 4.78 is 0. The van der Waals surface area contributed by atoms with Gasteiger partial charge in [-0.3, -0.25) is 4.79 Å². The van der Waals surface area contributed by atoms with Crippen LogP contribution < -0.4 is 0 Å². The number of rotatable bonds is 4. The Morgan fingerprint density at radius 2 is 1.92 bits per heavy atom. The van der Waals surface area contributed by atoms with E-state index < -0.39 is 5.97 Å². The van der Waals surface area contributed by atoms with Crippen LogP contribution in [0.1, 0.15) is 51.9 Å². The molecule has 2 nitrogen and oxygen atoms in total. The molecule has 0 aromatic rings. The van der Waals surface area contributed by atoms with Crippen molar-refractivity contribution < 1.29 is 9.90 Å². The van der Waals surface area contributed by atoms with Gasteiger partial charge in [0, 0.05) is 6.42 Å². The molecular weight excluding hydrogens is 164 g/mol. The molecule has 1 N–H and O–H groups in total. The van der Waals surface area contributed by atoms with E-state index in [2.05, 4.69) is 6.92 Å². The number of carboxylic acid groups (broad SMARTS) is 1. The van der Waals surface area contributed by atoms with Crippen LogP contribution in [0.2, 0.25) is 0 Å². The highest BCUT2D eigenvalue weighted by molar-refractivity contribution is 5.67. The lowest BCUT2D eigenvalue weighted by atomic mass is 9.75. The minimum atomic E-state index is -0.618. The number of aliphatic carboxylic acids is 1. The van der Waals surface area contributed by atoms with E-state index in [4.69, 9.17) is 5.11 Å². The summed E-state index contributed by atoms with van der Waals surface area (Å²) in [5, 5.41) is 8.75. The van der Waals surface area contributed by atoms with Crippen LogP contribution in [-0.2, 0) is 4.79 Å². The van der Waals surface area contributed by atoms with Gasteiger partial charge < -0.3 is 5.11 Å². The standard InChI is InChI=1S/C11H20O2/c1-2-5-9-6-3-4-7-10(9)8-11(12)13/h9-10H,2-8H2,1H3,(H,12,13)/t9-,10+/m1/s1. The maximum atomic E-state index is 10.6. The van der Waals surface area contributed by atoms with Crippen molar-refractivity contribution in [3.8, 4) is 0 Å². The molecule has 76 valence electrons. The topological polar surface area (TPSA) is 37.3 Å². The molecular formula is C11H20O2. The van der Waals surface area contributed by atoms with E-state index in [1.165, 1.54) is 32.1 Å². The number of hydrogen-bond donors (Lipinski definition) is 1. The van der Waals surface area contributed by atoms with E-state index in [9.17, 15) is 4.79 Å². The Morgan fingerprint density at radius 3 is 2.46 bits per heavy atom. The molecule has 1 saturated carbocycles. The van der Waals surface area contributed by atoms with Crippen molar-refractivity contribution in [2.75, 3.05) is 0 Å². The van der Waals surface area contributed by atoms with E-state index in [0.29, 0.717) is 18.3 Å². The molecule has 0 aromatic carbocycles. The van der Waals surface area contributed by atoms with Crippen LogP contribution in [0.5, 0.6) is 0 Å². The molecule has 2 atom stereocenters. The van der Waals surface area contributed by atoms with Crippen molar-refractivity contribution >= 4 is 5.97 Å². The van der Waals surface area contributed by atoms with Crippen LogP contribution in [-0.4, -0.2) is 11.1 Å². The quantitative estimate of drug-likeness (QED) is 0.729. The van der Waals surface area contributed by atoms with Crippen molar-refractivity contribution in [3.05, 3.63) is 0 Å². The zero-order valence-electron chi connectivity index (χ0n) is 8.46. The molecule has 0 aliphatic heterocycles. The molecule has 0 unspecified atom stereocenters. The van der Waals surface area contributed by atoms with Crippen LogP contribution in [0.4, 0.5) is 0 Å². The fourth-order valence-corrected chi connectivity index (χ4v) is 2.53. The summed E-state index contributed by atoms with van der Waals surface area (Å²) in [6, 6.07) is 0. The van der Waals surface area contributed by atoms with Gasteiger partial charge in [0.05, 0.1) is 0 Å². The SMILES string of the molecule is CCC[C@@H]1CCCC[C@H]1CC(=O)O. The summed E-state index contributed by atoms with van der Waals surface area (Å²) in [7, 11) is 0. The van der Waals surface area contributed by atoms with E-state index in [0.717, 1.165) is 6.42 Å². The summed E-state index contributed by atoms with van der Waals surface area (Å²) in [5.74, 6) is 0.536. The maximum absolute atomic E-state index is 10.6. The van der Waals surface area contributed by atoms with Gasteiger partial charge in [-0.2, -0.15) is 0 Å². The first-order valence-corrected chi connectivity index (χ1v) is 5.45. The van der Waals surface area contributed by atoms with Crippen LogP contribution in [0.25, 0.3) is 0 Å². The molecule has 0 aromatic heterocycles. The van der Waals surface area contributed by atoms with Crippen molar-refractivity contribution in [1.82, 2.24) is 0 Å². The molecule has 1 aliphatic rings. The Hall–Kier alpha value is -0.530. The van der Waals surface area contributed by atoms with Gasteiger partial charge in [0.15, 0.2) is 0 Å². The third kappa shape index (κ3) is 3.37. The minimum Gasteiger partial charge on any atom is -0.481 e. The zero-order valence-corrected chi connectivity index (χ0v) is 8.46. The van der Waals surface area contributed by atoms with Gasteiger partial charge in [0.25, 0.3) is 0 Å². The maximum Gasteiger partial charge on any atom is 0.303 e. The first-order chi connectivity index (χ1) is 6.24. The fraction of sp³-hybridized carbons (Fsp3) is 0.909. The largest absolute Gasteiger partial charge is 0.481 e. The molecule has 0 radical (unpaired) electrons. The van der Waals surface area contributed by atoms with Crippen LogP contribution in [0, 0.1) is 11.8 Å². The number of carboxylic acids is 1. The zero-order chi connectivity index (χ0) is 9.68. The van der Waals surface area contributed by atoms with Crippen molar-refractivity contribution in [3.63, 3.8) is 0 Å². The van der Waals surface area contributed by atoms with Crippen LogP contribution >= 0.6 is 0 Å². The van der Waals surface area contributed by atoms with Gasteiger partial charge in [-0.15, -0.1) is 0 Å². The lowest BCUT2D eigenvalue weighted by Crippen LogP contribution is -2.22. The molecule has 2 heteroatoms. The second-order valence-corrected chi connectivity index (χ2v) is 4.19. The monoisotopic (exact) mass is 184 g/mol. The summed E-state index contributed by atoms with van der Waals surface area (Å²) >= 11 is 0. The summed E-state index contributed by atoms with van der Waals surface area (Å²) in [6.07, 6.45) is 7.74. The Labute approximate surface area is 80.3 Å². The van der Waals surface area contributed by atoms with E-state index in [1.54, 1.807) is 0 Å². The molecule has 0 spiro atoms. The first kappa shape index (κ1) is 10.6. The molecule has 1 aliphatic carbocycles. The third-order valence-corrected chi connectivity index (χ3v) is 3.16. The van der Waals surface area contributed by atoms with E-state index in [1.807, 2.05) is 0 Å². The van der Waals surface area contributed by atoms with E-state index in [-0.39, 0.29) is 0 Å². The Bertz CT molecular complexity index is 163. The minimum absolute atomic E-state index is 0.394.